The molecule has 0 amide bonds. The van der Waals surface area contributed by atoms with Crippen LogP contribution in [0.1, 0.15) is 6.92 Å². The molecule has 0 bridgehead atoms. The van der Waals surface area contributed by atoms with Crippen LogP contribution in [0.4, 0.5) is 8.78 Å². The van der Waals surface area contributed by atoms with Crippen molar-refractivity contribution in [2.75, 3.05) is 0 Å². The first-order chi connectivity index (χ1) is 5.58. The number of hydrogen-bond donors (Lipinski definition) is 0. The molecule has 2 nitrogen and oxygen atoms in total. The lowest BCUT2D eigenvalue weighted by molar-refractivity contribution is -0.131. The van der Waals surface area contributed by atoms with Gasteiger partial charge in [0.05, 0.1) is 0 Å². The van der Waals surface area contributed by atoms with E-state index in [0.29, 0.717) is 6.07 Å². The fraction of sp³-hybridized carbons (Fsp3) is 0.125. The van der Waals surface area contributed by atoms with E-state index in [-0.39, 0.29) is 5.75 Å². The van der Waals surface area contributed by atoms with E-state index >= 15 is 0 Å². The summed E-state index contributed by atoms with van der Waals surface area (Å²) in [5.74, 6) is -2.28. The summed E-state index contributed by atoms with van der Waals surface area (Å²) in [4.78, 5) is 10.4. The highest BCUT2D eigenvalue weighted by Gasteiger charge is 2.02. The topological polar surface area (TPSA) is 26.3 Å². The second-order valence-corrected chi connectivity index (χ2v) is 2.20. The lowest BCUT2D eigenvalue weighted by Gasteiger charge is -2.00. The largest absolute Gasteiger partial charge is 0.427 e. The van der Waals surface area contributed by atoms with E-state index < -0.39 is 17.6 Å². The Kier molecular flexibility index (Phi) is 2.38. The van der Waals surface area contributed by atoms with Crippen LogP contribution >= 0.6 is 0 Å². The maximum atomic E-state index is 12.4. The van der Waals surface area contributed by atoms with Gasteiger partial charge in [0.15, 0.2) is 0 Å². The first-order valence-electron chi connectivity index (χ1n) is 3.22. The Morgan fingerprint density at radius 2 is 1.75 bits per heavy atom. The van der Waals surface area contributed by atoms with Gasteiger partial charge in [-0.15, -0.1) is 0 Å². The van der Waals surface area contributed by atoms with Crippen LogP contribution in [-0.4, -0.2) is 5.97 Å². The molecule has 1 aromatic carbocycles. The van der Waals surface area contributed by atoms with Gasteiger partial charge in [-0.25, -0.2) is 8.78 Å². The number of hydrogen-bond acceptors (Lipinski definition) is 2. The summed E-state index contributed by atoms with van der Waals surface area (Å²) < 4.78 is 29.4. The SMILES string of the molecule is CC(=O)Oc1cc(F)cc(F)c1. The van der Waals surface area contributed by atoms with Crippen molar-refractivity contribution in [2.45, 2.75) is 6.92 Å². The van der Waals surface area contributed by atoms with Gasteiger partial charge in [-0.1, -0.05) is 0 Å². The molecule has 0 heterocycles. The summed E-state index contributed by atoms with van der Waals surface area (Å²) in [5, 5.41) is 0. The van der Waals surface area contributed by atoms with Crippen LogP contribution in [0.3, 0.4) is 0 Å². The van der Waals surface area contributed by atoms with Crippen LogP contribution in [-0.2, 0) is 4.79 Å². The number of benzene rings is 1. The standard InChI is InChI=1S/C8H6F2O2/c1-5(11)12-8-3-6(9)2-7(10)4-8/h2-4H,1H3. The zero-order chi connectivity index (χ0) is 9.14. The lowest BCUT2D eigenvalue weighted by Crippen LogP contribution is -2.01. The predicted octanol–water partition coefficient (Wildman–Crippen LogP) is 1.89. The molecule has 0 aromatic heterocycles. The minimum Gasteiger partial charge on any atom is -0.427 e. The molecule has 0 unspecified atom stereocenters. The van der Waals surface area contributed by atoms with Crippen molar-refractivity contribution in [1.82, 2.24) is 0 Å². The molecule has 0 spiro atoms. The summed E-state index contributed by atoms with van der Waals surface area (Å²) in [5.41, 5.74) is 0. The third-order valence-corrected chi connectivity index (χ3v) is 1.10. The quantitative estimate of drug-likeness (QED) is 0.477. The molecule has 1 aromatic rings. The third-order valence-electron chi connectivity index (χ3n) is 1.10. The normalized spacial score (nSPS) is 9.58. The van der Waals surface area contributed by atoms with Gasteiger partial charge in [-0.2, -0.15) is 0 Å². The number of halogens is 2. The van der Waals surface area contributed by atoms with Crippen molar-refractivity contribution < 1.29 is 18.3 Å². The van der Waals surface area contributed by atoms with Crippen molar-refractivity contribution in [1.29, 1.82) is 0 Å². The average Bonchev–Trinajstić information content (AvgIpc) is 1.81. The fourth-order valence-electron chi connectivity index (χ4n) is 0.753. The molecule has 0 radical (unpaired) electrons. The van der Waals surface area contributed by atoms with Crippen molar-refractivity contribution in [3.05, 3.63) is 29.8 Å². The summed E-state index contributed by atoms with van der Waals surface area (Å²) in [6.45, 7) is 1.16. The highest BCUT2D eigenvalue weighted by Crippen LogP contribution is 2.15. The molecule has 0 saturated heterocycles. The molecule has 0 aliphatic rings. The van der Waals surface area contributed by atoms with Gasteiger partial charge in [0.25, 0.3) is 0 Å². The van der Waals surface area contributed by atoms with Gasteiger partial charge in [0, 0.05) is 25.1 Å². The number of esters is 1. The number of rotatable bonds is 1. The Labute approximate surface area is 67.8 Å². The Hall–Kier alpha value is -1.45. The Morgan fingerprint density at radius 1 is 1.25 bits per heavy atom. The monoisotopic (exact) mass is 172 g/mol. The first-order valence-corrected chi connectivity index (χ1v) is 3.22. The number of carbonyl (C=O) groups excluding carboxylic acids is 1. The molecular formula is C8H6F2O2. The van der Waals surface area contributed by atoms with Crippen molar-refractivity contribution >= 4 is 5.97 Å². The van der Waals surface area contributed by atoms with Gasteiger partial charge in [-0.3, -0.25) is 4.79 Å². The van der Waals surface area contributed by atoms with Gasteiger partial charge in [-0.05, 0) is 0 Å². The first kappa shape index (κ1) is 8.64. The Balaban J connectivity index is 2.93. The highest BCUT2D eigenvalue weighted by atomic mass is 19.1. The van der Waals surface area contributed by atoms with Crippen LogP contribution in [0, 0.1) is 11.6 Å². The number of ether oxygens (including phenoxy) is 1. The van der Waals surface area contributed by atoms with Crippen LogP contribution < -0.4 is 4.74 Å². The van der Waals surface area contributed by atoms with Crippen LogP contribution in [0.5, 0.6) is 5.75 Å². The minimum atomic E-state index is -0.772. The zero-order valence-corrected chi connectivity index (χ0v) is 6.30. The predicted molar refractivity (Wildman–Crippen MR) is 37.7 cm³/mol. The maximum Gasteiger partial charge on any atom is 0.308 e. The van der Waals surface area contributed by atoms with Crippen molar-refractivity contribution in [2.24, 2.45) is 0 Å². The van der Waals surface area contributed by atoms with Crippen molar-refractivity contribution in [3.63, 3.8) is 0 Å². The molecule has 0 N–H and O–H groups in total. The number of carbonyl (C=O) groups is 1. The second kappa shape index (κ2) is 3.30. The Morgan fingerprint density at radius 3 is 2.17 bits per heavy atom. The van der Waals surface area contributed by atoms with E-state index in [2.05, 4.69) is 4.74 Å². The zero-order valence-electron chi connectivity index (χ0n) is 6.30. The fourth-order valence-corrected chi connectivity index (χ4v) is 0.753. The van der Waals surface area contributed by atoms with Gasteiger partial charge in [0.1, 0.15) is 17.4 Å². The molecule has 0 aliphatic heterocycles. The van der Waals surface area contributed by atoms with E-state index in [1.807, 2.05) is 0 Å². The minimum absolute atomic E-state index is 0.125. The molecule has 64 valence electrons. The smallest absolute Gasteiger partial charge is 0.308 e. The molecule has 0 atom stereocenters. The van der Waals surface area contributed by atoms with Crippen LogP contribution in [0.15, 0.2) is 18.2 Å². The van der Waals surface area contributed by atoms with E-state index in [1.54, 1.807) is 0 Å². The average molecular weight is 172 g/mol. The molecule has 4 heteroatoms. The molecule has 12 heavy (non-hydrogen) atoms. The highest BCUT2D eigenvalue weighted by molar-refractivity contribution is 5.69. The third kappa shape index (κ3) is 2.30. The lowest BCUT2D eigenvalue weighted by atomic mass is 10.3. The van der Waals surface area contributed by atoms with Gasteiger partial charge >= 0.3 is 5.97 Å². The second-order valence-electron chi connectivity index (χ2n) is 2.20. The molecule has 0 aliphatic carbocycles. The molecular weight excluding hydrogens is 166 g/mol. The molecule has 0 fully saturated rings. The van der Waals surface area contributed by atoms with E-state index in [4.69, 9.17) is 0 Å². The van der Waals surface area contributed by atoms with Crippen molar-refractivity contribution in [3.8, 4) is 5.75 Å². The summed E-state index contributed by atoms with van der Waals surface area (Å²) in [6.07, 6.45) is 0. The maximum absolute atomic E-state index is 12.4. The summed E-state index contributed by atoms with van der Waals surface area (Å²) in [6, 6.07) is 2.57. The van der Waals surface area contributed by atoms with Crippen LogP contribution in [0.25, 0.3) is 0 Å². The van der Waals surface area contributed by atoms with Crippen LogP contribution in [0.2, 0.25) is 0 Å². The summed E-state index contributed by atoms with van der Waals surface area (Å²) >= 11 is 0. The van der Waals surface area contributed by atoms with Gasteiger partial charge < -0.3 is 4.74 Å². The van der Waals surface area contributed by atoms with E-state index in [0.717, 1.165) is 19.1 Å². The molecule has 1 rings (SSSR count). The molecule has 0 saturated carbocycles. The van der Waals surface area contributed by atoms with E-state index in [1.165, 1.54) is 0 Å². The Bertz CT molecular complexity index is 290. The van der Waals surface area contributed by atoms with E-state index in [9.17, 15) is 13.6 Å². The summed E-state index contributed by atoms with van der Waals surface area (Å²) in [7, 11) is 0. The van der Waals surface area contributed by atoms with Gasteiger partial charge in [0.2, 0.25) is 0 Å².